The monoisotopic (exact) mass is 271 g/mol. The van der Waals surface area contributed by atoms with Crippen molar-refractivity contribution in [3.63, 3.8) is 0 Å². The van der Waals surface area contributed by atoms with E-state index in [0.29, 0.717) is 0 Å². The highest BCUT2D eigenvalue weighted by molar-refractivity contribution is 5.45. The topological polar surface area (TPSA) is 39.1 Å². The number of benzene rings is 1. The van der Waals surface area contributed by atoms with Gasteiger partial charge in [-0.1, -0.05) is 12.1 Å². The second-order valence-corrected chi connectivity index (χ2v) is 5.37. The molecule has 1 aromatic heterocycles. The van der Waals surface area contributed by atoms with E-state index in [1.807, 2.05) is 18.7 Å². The van der Waals surface area contributed by atoms with E-state index >= 15 is 0 Å². The number of hydrogen-bond acceptors (Lipinski definition) is 3. The number of hydrogen-bond donors (Lipinski definition) is 1. The van der Waals surface area contributed by atoms with Crippen molar-refractivity contribution in [3.05, 3.63) is 48.5 Å². The Kier molecular flexibility index (Phi) is 4.33. The minimum absolute atomic E-state index is 0.737. The molecule has 1 aliphatic heterocycles. The highest BCUT2D eigenvalue weighted by atomic mass is 16.5. The zero-order valence-electron chi connectivity index (χ0n) is 11.7. The van der Waals surface area contributed by atoms with Crippen LogP contribution < -0.4 is 5.32 Å². The molecule has 0 bridgehead atoms. The fourth-order valence-electron chi connectivity index (χ4n) is 2.58. The molecule has 1 N–H and O–H groups in total. The molecule has 3 rings (SSSR count). The summed E-state index contributed by atoms with van der Waals surface area (Å²) in [6, 6.07) is 8.62. The van der Waals surface area contributed by atoms with E-state index in [2.05, 4.69) is 39.1 Å². The molecule has 0 amide bonds. The van der Waals surface area contributed by atoms with Gasteiger partial charge in [-0.3, -0.25) is 0 Å². The Bertz CT molecular complexity index is 518. The summed E-state index contributed by atoms with van der Waals surface area (Å²) in [4.78, 5) is 4.07. The van der Waals surface area contributed by atoms with Crippen LogP contribution in [0, 0.1) is 5.92 Å². The fraction of sp³-hybridized carbons (Fsp3) is 0.438. The summed E-state index contributed by atoms with van der Waals surface area (Å²) in [6.07, 6.45) is 7.99. The first-order valence-electron chi connectivity index (χ1n) is 7.26. The van der Waals surface area contributed by atoms with Crippen LogP contribution >= 0.6 is 0 Å². The molecule has 20 heavy (non-hydrogen) atoms. The molecule has 1 fully saturated rings. The zero-order chi connectivity index (χ0) is 13.6. The average molecular weight is 271 g/mol. The van der Waals surface area contributed by atoms with Crippen LogP contribution in [0.5, 0.6) is 0 Å². The number of rotatable bonds is 5. The van der Waals surface area contributed by atoms with Crippen LogP contribution in [0.4, 0.5) is 5.69 Å². The molecule has 2 aromatic rings. The SMILES string of the molecule is c1cc(Cn2ccnc2)cc(NCC2CCOCC2)c1. The lowest BCUT2D eigenvalue weighted by Crippen LogP contribution is -2.22. The van der Waals surface area contributed by atoms with Gasteiger partial charge < -0.3 is 14.6 Å². The van der Waals surface area contributed by atoms with E-state index in [-0.39, 0.29) is 0 Å². The van der Waals surface area contributed by atoms with Crippen molar-refractivity contribution < 1.29 is 4.74 Å². The first-order valence-corrected chi connectivity index (χ1v) is 7.26. The molecule has 0 aliphatic carbocycles. The Labute approximate surface area is 119 Å². The maximum absolute atomic E-state index is 5.39. The Hall–Kier alpha value is -1.81. The summed E-state index contributed by atoms with van der Waals surface area (Å²) in [6.45, 7) is 3.73. The standard InChI is InChI=1S/C16H21N3O/c1-2-15(12-19-7-6-17-13-19)10-16(3-1)18-11-14-4-8-20-9-5-14/h1-3,6-7,10,13-14,18H,4-5,8-9,11-12H2. The van der Waals surface area contributed by atoms with Gasteiger partial charge in [0.05, 0.1) is 6.33 Å². The molecule has 1 aromatic carbocycles. The van der Waals surface area contributed by atoms with E-state index in [1.165, 1.54) is 24.1 Å². The summed E-state index contributed by atoms with van der Waals surface area (Å²) in [5.41, 5.74) is 2.49. The van der Waals surface area contributed by atoms with Crippen LogP contribution in [-0.2, 0) is 11.3 Å². The second kappa shape index (κ2) is 6.57. The molecule has 1 saturated heterocycles. The third-order valence-corrected chi connectivity index (χ3v) is 3.79. The summed E-state index contributed by atoms with van der Waals surface area (Å²) in [7, 11) is 0. The van der Waals surface area contributed by atoms with Crippen molar-refractivity contribution in [2.45, 2.75) is 19.4 Å². The van der Waals surface area contributed by atoms with Crippen molar-refractivity contribution in [1.29, 1.82) is 0 Å². The molecule has 0 radical (unpaired) electrons. The van der Waals surface area contributed by atoms with Gasteiger partial charge in [-0.25, -0.2) is 4.98 Å². The van der Waals surface area contributed by atoms with Crippen LogP contribution in [0.15, 0.2) is 43.0 Å². The van der Waals surface area contributed by atoms with E-state index in [0.717, 1.165) is 32.2 Å². The Morgan fingerprint density at radius 2 is 2.20 bits per heavy atom. The van der Waals surface area contributed by atoms with Crippen molar-refractivity contribution in [2.24, 2.45) is 5.92 Å². The summed E-state index contributed by atoms with van der Waals surface area (Å²) in [5.74, 6) is 0.737. The maximum atomic E-state index is 5.39. The van der Waals surface area contributed by atoms with Crippen LogP contribution in [0.3, 0.4) is 0 Å². The average Bonchev–Trinajstić information content (AvgIpc) is 3.00. The summed E-state index contributed by atoms with van der Waals surface area (Å²) >= 11 is 0. The molecular formula is C16H21N3O. The Morgan fingerprint density at radius 1 is 1.30 bits per heavy atom. The van der Waals surface area contributed by atoms with Crippen LogP contribution in [0.25, 0.3) is 0 Å². The predicted octanol–water partition coefficient (Wildman–Crippen LogP) is 2.77. The van der Waals surface area contributed by atoms with Crippen LogP contribution in [-0.4, -0.2) is 29.3 Å². The van der Waals surface area contributed by atoms with E-state index < -0.39 is 0 Å². The van der Waals surface area contributed by atoms with Gasteiger partial charge in [0.1, 0.15) is 0 Å². The number of nitrogens with one attached hydrogen (secondary N) is 1. The predicted molar refractivity (Wildman–Crippen MR) is 79.8 cm³/mol. The second-order valence-electron chi connectivity index (χ2n) is 5.37. The number of nitrogens with zero attached hydrogens (tertiary/aromatic N) is 2. The molecule has 106 valence electrons. The van der Waals surface area contributed by atoms with Gasteiger partial charge in [-0.05, 0) is 36.5 Å². The largest absolute Gasteiger partial charge is 0.385 e. The summed E-state index contributed by atoms with van der Waals surface area (Å²) < 4.78 is 7.47. The highest BCUT2D eigenvalue weighted by Gasteiger charge is 2.13. The van der Waals surface area contributed by atoms with Crippen molar-refractivity contribution >= 4 is 5.69 Å². The number of ether oxygens (including phenoxy) is 1. The number of anilines is 1. The van der Waals surface area contributed by atoms with Gasteiger partial charge in [-0.2, -0.15) is 0 Å². The van der Waals surface area contributed by atoms with Crippen molar-refractivity contribution in [3.8, 4) is 0 Å². The van der Waals surface area contributed by atoms with Crippen LogP contribution in [0.2, 0.25) is 0 Å². The van der Waals surface area contributed by atoms with Gasteiger partial charge in [0, 0.05) is 44.4 Å². The lowest BCUT2D eigenvalue weighted by atomic mass is 10.0. The lowest BCUT2D eigenvalue weighted by molar-refractivity contribution is 0.0699. The number of imidazole rings is 1. The van der Waals surface area contributed by atoms with Gasteiger partial charge >= 0.3 is 0 Å². The molecule has 2 heterocycles. The van der Waals surface area contributed by atoms with Gasteiger partial charge in [0.25, 0.3) is 0 Å². The minimum atomic E-state index is 0.737. The molecule has 4 heteroatoms. The first-order chi connectivity index (χ1) is 9.90. The molecule has 1 aliphatic rings. The normalized spacial score (nSPS) is 16.2. The lowest BCUT2D eigenvalue weighted by Gasteiger charge is -2.22. The molecule has 0 saturated carbocycles. The fourth-order valence-corrected chi connectivity index (χ4v) is 2.58. The maximum Gasteiger partial charge on any atom is 0.0949 e. The minimum Gasteiger partial charge on any atom is -0.385 e. The van der Waals surface area contributed by atoms with E-state index in [4.69, 9.17) is 4.74 Å². The number of aromatic nitrogens is 2. The van der Waals surface area contributed by atoms with E-state index in [1.54, 1.807) is 0 Å². The smallest absolute Gasteiger partial charge is 0.0949 e. The van der Waals surface area contributed by atoms with Gasteiger partial charge in [0.2, 0.25) is 0 Å². The van der Waals surface area contributed by atoms with Gasteiger partial charge in [0.15, 0.2) is 0 Å². The zero-order valence-corrected chi connectivity index (χ0v) is 11.7. The van der Waals surface area contributed by atoms with Crippen molar-refractivity contribution in [1.82, 2.24) is 9.55 Å². The molecule has 4 nitrogen and oxygen atoms in total. The summed E-state index contributed by atoms with van der Waals surface area (Å²) in [5, 5.41) is 3.55. The first kappa shape index (κ1) is 13.2. The third kappa shape index (κ3) is 3.61. The van der Waals surface area contributed by atoms with Crippen molar-refractivity contribution in [2.75, 3.05) is 25.1 Å². The van der Waals surface area contributed by atoms with E-state index in [9.17, 15) is 0 Å². The highest BCUT2D eigenvalue weighted by Crippen LogP contribution is 2.17. The van der Waals surface area contributed by atoms with Crippen LogP contribution in [0.1, 0.15) is 18.4 Å². The van der Waals surface area contributed by atoms with Gasteiger partial charge in [-0.15, -0.1) is 0 Å². The Balaban J connectivity index is 1.56. The molecular weight excluding hydrogens is 250 g/mol. The quantitative estimate of drug-likeness (QED) is 0.909. The molecule has 0 unspecified atom stereocenters. The Morgan fingerprint density at radius 3 is 3.00 bits per heavy atom. The molecule has 0 atom stereocenters. The third-order valence-electron chi connectivity index (χ3n) is 3.79. The molecule has 0 spiro atoms.